The summed E-state index contributed by atoms with van der Waals surface area (Å²) in [5, 5.41) is 0. The van der Waals surface area contributed by atoms with Gasteiger partial charge in [-0.25, -0.2) is 0 Å². The molecule has 0 rings (SSSR count). The lowest BCUT2D eigenvalue weighted by atomic mass is 9.89. The van der Waals surface area contributed by atoms with Gasteiger partial charge in [0, 0.05) is 44.3 Å². The summed E-state index contributed by atoms with van der Waals surface area (Å²) in [6.45, 7) is 10.7. The molecule has 0 atom stereocenters. The normalized spacial score (nSPS) is 11.2. The SMILES string of the molecule is CCC(=O)OCCC(CCOCCC(C)(COC(=O)CC)COC(=O)CC)CCOC(=O)CC. The van der Waals surface area contributed by atoms with Gasteiger partial charge in [-0.2, -0.15) is 0 Å². The number of ether oxygens (including phenoxy) is 5. The molecule has 0 aliphatic rings. The smallest absolute Gasteiger partial charge is 0.305 e. The van der Waals surface area contributed by atoms with Crippen molar-refractivity contribution in [1.82, 2.24) is 0 Å². The Labute approximate surface area is 204 Å². The summed E-state index contributed by atoms with van der Waals surface area (Å²) < 4.78 is 26.8. The molecule has 0 aromatic carbocycles. The van der Waals surface area contributed by atoms with Crippen LogP contribution in [0.3, 0.4) is 0 Å². The molecule has 0 aromatic rings. The highest BCUT2D eigenvalue weighted by Crippen LogP contribution is 2.24. The molecule has 0 aromatic heterocycles. The van der Waals surface area contributed by atoms with Gasteiger partial charge in [-0.3, -0.25) is 19.2 Å². The van der Waals surface area contributed by atoms with Crippen molar-refractivity contribution >= 4 is 23.9 Å². The van der Waals surface area contributed by atoms with Crippen LogP contribution in [0.5, 0.6) is 0 Å². The third-order valence-corrected chi connectivity index (χ3v) is 5.42. The first-order chi connectivity index (χ1) is 16.2. The Morgan fingerprint density at radius 1 is 0.588 bits per heavy atom. The van der Waals surface area contributed by atoms with Crippen LogP contribution in [0.2, 0.25) is 0 Å². The Morgan fingerprint density at radius 3 is 1.38 bits per heavy atom. The monoisotopic (exact) mass is 488 g/mol. The Morgan fingerprint density at radius 2 is 0.971 bits per heavy atom. The second kappa shape index (κ2) is 19.2. The van der Waals surface area contributed by atoms with Gasteiger partial charge in [0.1, 0.15) is 0 Å². The van der Waals surface area contributed by atoms with Crippen molar-refractivity contribution in [2.24, 2.45) is 11.3 Å². The topological polar surface area (TPSA) is 114 Å². The van der Waals surface area contributed by atoms with E-state index >= 15 is 0 Å². The van der Waals surface area contributed by atoms with E-state index in [2.05, 4.69) is 0 Å². The van der Waals surface area contributed by atoms with Gasteiger partial charge in [0.25, 0.3) is 0 Å². The predicted octanol–water partition coefficient (Wildman–Crippen LogP) is 4.00. The molecule has 0 fully saturated rings. The van der Waals surface area contributed by atoms with Gasteiger partial charge in [0.15, 0.2) is 0 Å². The molecule has 0 spiro atoms. The maximum atomic E-state index is 11.6. The van der Waals surface area contributed by atoms with Gasteiger partial charge in [0.05, 0.1) is 26.4 Å². The van der Waals surface area contributed by atoms with Crippen LogP contribution in [0.4, 0.5) is 0 Å². The van der Waals surface area contributed by atoms with Gasteiger partial charge in [-0.1, -0.05) is 34.6 Å². The molecule has 0 N–H and O–H groups in total. The first kappa shape index (κ1) is 31.8. The van der Waals surface area contributed by atoms with Gasteiger partial charge in [0.2, 0.25) is 0 Å². The van der Waals surface area contributed by atoms with Crippen LogP contribution in [0.15, 0.2) is 0 Å². The maximum Gasteiger partial charge on any atom is 0.305 e. The molecular weight excluding hydrogens is 444 g/mol. The molecule has 0 heterocycles. The number of hydrogen-bond donors (Lipinski definition) is 0. The highest BCUT2D eigenvalue weighted by Gasteiger charge is 2.28. The molecule has 0 saturated heterocycles. The molecule has 198 valence electrons. The number of carbonyl (C=O) groups is 4. The molecule has 34 heavy (non-hydrogen) atoms. The van der Waals surface area contributed by atoms with E-state index in [0.717, 1.165) is 6.42 Å². The van der Waals surface area contributed by atoms with Gasteiger partial charge >= 0.3 is 23.9 Å². The second-order valence-corrected chi connectivity index (χ2v) is 8.58. The molecule has 0 aliphatic heterocycles. The first-order valence-electron chi connectivity index (χ1n) is 12.4. The lowest BCUT2D eigenvalue weighted by molar-refractivity contribution is -0.154. The summed E-state index contributed by atoms with van der Waals surface area (Å²) >= 11 is 0. The van der Waals surface area contributed by atoms with Crippen LogP contribution >= 0.6 is 0 Å². The standard InChI is InChI=1S/C25H44O9/c1-6-21(26)31-15-11-20(12-16-32-22(27)7-2)10-14-30-17-13-25(5,18-33-23(28)8-3)19-34-24(29)9-4/h20H,6-19H2,1-5H3. The minimum atomic E-state index is -0.544. The predicted molar refractivity (Wildman–Crippen MR) is 126 cm³/mol. The van der Waals surface area contributed by atoms with E-state index in [1.165, 1.54) is 0 Å². The molecular formula is C25H44O9. The minimum absolute atomic E-state index is 0.147. The average molecular weight is 489 g/mol. The van der Waals surface area contributed by atoms with E-state index in [4.69, 9.17) is 23.7 Å². The van der Waals surface area contributed by atoms with E-state index in [9.17, 15) is 19.2 Å². The summed E-state index contributed by atoms with van der Waals surface area (Å²) in [7, 11) is 0. The van der Waals surface area contributed by atoms with Gasteiger partial charge in [-0.05, 0) is 31.6 Å². The lowest BCUT2D eigenvalue weighted by Crippen LogP contribution is -2.33. The highest BCUT2D eigenvalue weighted by molar-refractivity contribution is 5.69. The Bertz CT molecular complexity index is 561. The lowest BCUT2D eigenvalue weighted by Gasteiger charge is -2.28. The number of hydrogen-bond acceptors (Lipinski definition) is 9. The number of carbonyl (C=O) groups excluding carboxylic acids is 4. The van der Waals surface area contributed by atoms with Gasteiger partial charge in [-0.15, -0.1) is 0 Å². The van der Waals surface area contributed by atoms with Crippen molar-refractivity contribution in [3.05, 3.63) is 0 Å². The van der Waals surface area contributed by atoms with Crippen LogP contribution in [0.1, 0.15) is 86.0 Å². The molecule has 0 aliphatic carbocycles. The summed E-state index contributed by atoms with van der Waals surface area (Å²) in [6, 6.07) is 0. The fraction of sp³-hybridized carbons (Fsp3) is 0.840. The molecule has 0 radical (unpaired) electrons. The summed E-state index contributed by atoms with van der Waals surface area (Å²) in [6.07, 6.45) is 3.83. The Balaban J connectivity index is 4.60. The molecule has 9 heteroatoms. The van der Waals surface area contributed by atoms with E-state index in [1.54, 1.807) is 27.7 Å². The van der Waals surface area contributed by atoms with Crippen molar-refractivity contribution in [1.29, 1.82) is 0 Å². The van der Waals surface area contributed by atoms with Crippen LogP contribution in [-0.4, -0.2) is 63.5 Å². The average Bonchev–Trinajstić information content (AvgIpc) is 2.84. The largest absolute Gasteiger partial charge is 0.466 e. The van der Waals surface area contributed by atoms with Crippen LogP contribution in [0.25, 0.3) is 0 Å². The molecule has 0 bridgehead atoms. The summed E-state index contributed by atoms with van der Waals surface area (Å²) in [5.74, 6) is -0.899. The summed E-state index contributed by atoms with van der Waals surface area (Å²) in [5.41, 5.74) is -0.544. The zero-order valence-corrected chi connectivity index (χ0v) is 21.7. The zero-order valence-electron chi connectivity index (χ0n) is 21.7. The minimum Gasteiger partial charge on any atom is -0.466 e. The Kier molecular flexibility index (Phi) is 18.0. The zero-order chi connectivity index (χ0) is 25.8. The molecule has 0 saturated carbocycles. The van der Waals surface area contributed by atoms with Crippen LogP contribution < -0.4 is 0 Å². The molecule has 0 amide bonds. The molecule has 0 unspecified atom stereocenters. The Hall–Kier alpha value is -2.16. The maximum absolute atomic E-state index is 11.6. The quantitative estimate of drug-likeness (QED) is 0.142. The summed E-state index contributed by atoms with van der Waals surface area (Å²) in [4.78, 5) is 45.9. The van der Waals surface area contributed by atoms with E-state index < -0.39 is 5.41 Å². The van der Waals surface area contributed by atoms with Crippen molar-refractivity contribution < 1.29 is 42.9 Å². The molecule has 9 nitrogen and oxygen atoms in total. The fourth-order valence-corrected chi connectivity index (χ4v) is 2.89. The second-order valence-electron chi connectivity index (χ2n) is 8.58. The fourth-order valence-electron chi connectivity index (χ4n) is 2.89. The van der Waals surface area contributed by atoms with Crippen LogP contribution in [-0.2, 0) is 42.9 Å². The first-order valence-corrected chi connectivity index (χ1v) is 12.4. The van der Waals surface area contributed by atoms with Crippen molar-refractivity contribution in [3.63, 3.8) is 0 Å². The highest BCUT2D eigenvalue weighted by atomic mass is 16.6. The van der Waals surface area contributed by atoms with Crippen LogP contribution in [0, 0.1) is 11.3 Å². The third-order valence-electron chi connectivity index (χ3n) is 5.42. The number of esters is 4. The van der Waals surface area contributed by atoms with Crippen molar-refractivity contribution in [2.75, 3.05) is 39.6 Å². The third kappa shape index (κ3) is 16.5. The van der Waals surface area contributed by atoms with Crippen molar-refractivity contribution in [3.8, 4) is 0 Å². The van der Waals surface area contributed by atoms with E-state index in [-0.39, 0.29) is 55.9 Å². The van der Waals surface area contributed by atoms with E-state index in [1.807, 2.05) is 6.92 Å². The van der Waals surface area contributed by atoms with Gasteiger partial charge < -0.3 is 23.7 Å². The van der Waals surface area contributed by atoms with E-state index in [0.29, 0.717) is 58.5 Å². The number of rotatable bonds is 20. The van der Waals surface area contributed by atoms with Crippen molar-refractivity contribution in [2.45, 2.75) is 86.0 Å².